The molecule has 0 saturated carbocycles. The number of methoxy groups -OCH3 is 2. The minimum absolute atomic E-state index is 0.0865. The molecule has 0 atom stereocenters. The molecule has 4 aromatic rings. The molecule has 0 amide bonds. The molecule has 158 valence electrons. The number of hydrogen-bond acceptors (Lipinski definition) is 6. The molecule has 2 aromatic carbocycles. The number of nitrogens with one attached hydrogen (secondary N) is 1. The van der Waals surface area contributed by atoms with Gasteiger partial charge < -0.3 is 24.1 Å². The molecule has 0 fully saturated rings. The fraction of sp³-hybridized carbons (Fsp3) is 0.174. The van der Waals surface area contributed by atoms with Crippen LogP contribution in [-0.2, 0) is 6.54 Å². The fourth-order valence-corrected chi connectivity index (χ4v) is 3.50. The molecule has 31 heavy (non-hydrogen) atoms. The number of fused-ring (bicyclic) bond motifs is 1. The van der Waals surface area contributed by atoms with Crippen molar-refractivity contribution >= 4 is 16.7 Å². The third kappa shape index (κ3) is 3.52. The standard InChI is InChI=1S/C23H21N3O5/c1-4-26-12-13(21(28)14-7-5-6-8-18(14)27)9-17(26)22-24-16-11-20(31-3)19(30-2)10-15(16)23(29)25-22/h5-12,27H,4H2,1-3H3,(H,24,25,29). The lowest BCUT2D eigenvalue weighted by Gasteiger charge is -2.10. The van der Waals surface area contributed by atoms with Crippen LogP contribution in [0.2, 0.25) is 0 Å². The molecule has 0 radical (unpaired) electrons. The van der Waals surface area contributed by atoms with Gasteiger partial charge in [-0.25, -0.2) is 4.98 Å². The highest BCUT2D eigenvalue weighted by molar-refractivity contribution is 6.11. The van der Waals surface area contributed by atoms with Gasteiger partial charge in [0.25, 0.3) is 5.56 Å². The van der Waals surface area contributed by atoms with Gasteiger partial charge >= 0.3 is 0 Å². The Morgan fingerprint density at radius 2 is 1.84 bits per heavy atom. The quantitative estimate of drug-likeness (QED) is 0.464. The second-order valence-corrected chi connectivity index (χ2v) is 6.89. The normalized spacial score (nSPS) is 10.9. The number of para-hydroxylation sites is 1. The van der Waals surface area contributed by atoms with Gasteiger partial charge in [0.2, 0.25) is 0 Å². The number of nitrogens with zero attached hydrogens (tertiary/aromatic N) is 2. The summed E-state index contributed by atoms with van der Waals surface area (Å²) in [7, 11) is 3.01. The van der Waals surface area contributed by atoms with Crippen molar-refractivity contribution in [3.63, 3.8) is 0 Å². The highest BCUT2D eigenvalue weighted by atomic mass is 16.5. The molecule has 0 aliphatic rings. The molecule has 8 heteroatoms. The Bertz CT molecular complexity index is 1350. The Balaban J connectivity index is 1.85. The van der Waals surface area contributed by atoms with E-state index < -0.39 is 0 Å². The lowest BCUT2D eigenvalue weighted by molar-refractivity contribution is 0.103. The average molecular weight is 419 g/mol. The molecule has 0 bridgehead atoms. The van der Waals surface area contributed by atoms with Crippen LogP contribution in [0.5, 0.6) is 17.2 Å². The van der Waals surface area contributed by atoms with E-state index >= 15 is 0 Å². The fourth-order valence-electron chi connectivity index (χ4n) is 3.50. The zero-order valence-corrected chi connectivity index (χ0v) is 17.3. The number of aromatic hydroxyl groups is 1. The van der Waals surface area contributed by atoms with Crippen LogP contribution in [0.3, 0.4) is 0 Å². The summed E-state index contributed by atoms with van der Waals surface area (Å²) in [5.74, 6) is 0.809. The Morgan fingerprint density at radius 3 is 2.52 bits per heavy atom. The summed E-state index contributed by atoms with van der Waals surface area (Å²) in [6, 6.07) is 11.3. The van der Waals surface area contributed by atoms with Crippen molar-refractivity contribution in [2.75, 3.05) is 14.2 Å². The van der Waals surface area contributed by atoms with Gasteiger partial charge in [0.1, 0.15) is 5.75 Å². The van der Waals surface area contributed by atoms with Gasteiger partial charge in [-0.2, -0.15) is 0 Å². The summed E-state index contributed by atoms with van der Waals surface area (Å²) in [5.41, 5.74) is 1.27. The second kappa shape index (κ2) is 7.98. The Hall–Kier alpha value is -4.07. The van der Waals surface area contributed by atoms with Crippen LogP contribution in [0.1, 0.15) is 22.8 Å². The monoisotopic (exact) mass is 419 g/mol. The molecule has 0 aliphatic heterocycles. The largest absolute Gasteiger partial charge is 0.507 e. The molecule has 2 heterocycles. The third-order valence-corrected chi connectivity index (χ3v) is 5.10. The number of benzene rings is 2. The lowest BCUT2D eigenvalue weighted by atomic mass is 10.0. The topological polar surface area (TPSA) is 106 Å². The number of ketones is 1. The smallest absolute Gasteiger partial charge is 0.259 e. The first-order valence-corrected chi connectivity index (χ1v) is 9.66. The van der Waals surface area contributed by atoms with Crippen molar-refractivity contribution in [3.8, 4) is 28.8 Å². The summed E-state index contributed by atoms with van der Waals surface area (Å²) in [6.45, 7) is 2.47. The molecule has 2 N–H and O–H groups in total. The average Bonchev–Trinajstić information content (AvgIpc) is 3.22. The molecule has 0 aliphatic carbocycles. The number of H-pyrrole nitrogens is 1. The van der Waals surface area contributed by atoms with Crippen LogP contribution in [0, 0.1) is 0 Å². The van der Waals surface area contributed by atoms with Gasteiger partial charge in [-0.3, -0.25) is 9.59 Å². The molecule has 0 unspecified atom stereocenters. The van der Waals surface area contributed by atoms with E-state index in [-0.39, 0.29) is 22.7 Å². The minimum atomic E-state index is -0.335. The van der Waals surface area contributed by atoms with Crippen LogP contribution in [-0.4, -0.2) is 39.6 Å². The zero-order valence-electron chi connectivity index (χ0n) is 17.3. The molecule has 4 rings (SSSR count). The number of carbonyl (C=O) groups excluding carboxylic acids is 1. The SMILES string of the molecule is CCn1cc(C(=O)c2ccccc2O)cc1-c1nc2cc(OC)c(OC)cc2c(=O)[nH]1. The van der Waals surface area contributed by atoms with Gasteiger partial charge in [0, 0.05) is 24.4 Å². The molecule has 0 saturated heterocycles. The first-order chi connectivity index (χ1) is 15.0. The van der Waals surface area contributed by atoms with Gasteiger partial charge in [0.15, 0.2) is 23.1 Å². The Kier molecular flexibility index (Phi) is 5.21. The van der Waals surface area contributed by atoms with Gasteiger partial charge in [-0.15, -0.1) is 0 Å². The number of ether oxygens (including phenoxy) is 2. The van der Waals surface area contributed by atoms with Crippen molar-refractivity contribution in [2.24, 2.45) is 0 Å². The summed E-state index contributed by atoms with van der Waals surface area (Å²) in [4.78, 5) is 33.0. The van der Waals surface area contributed by atoms with E-state index in [1.54, 1.807) is 42.6 Å². The number of phenolic OH excluding ortho intramolecular Hbond substituents is 1. The number of rotatable bonds is 6. The van der Waals surface area contributed by atoms with E-state index in [1.165, 1.54) is 20.3 Å². The van der Waals surface area contributed by atoms with Crippen molar-refractivity contribution in [2.45, 2.75) is 13.5 Å². The zero-order chi connectivity index (χ0) is 22.1. The van der Waals surface area contributed by atoms with Crippen LogP contribution in [0.15, 0.2) is 53.5 Å². The summed E-state index contributed by atoms with van der Waals surface area (Å²) >= 11 is 0. The number of aryl methyl sites for hydroxylation is 1. The maximum absolute atomic E-state index is 12.9. The van der Waals surface area contributed by atoms with E-state index in [0.29, 0.717) is 46.0 Å². The van der Waals surface area contributed by atoms with E-state index in [4.69, 9.17) is 9.47 Å². The number of aromatic nitrogens is 3. The van der Waals surface area contributed by atoms with Crippen molar-refractivity contribution in [1.29, 1.82) is 0 Å². The first-order valence-electron chi connectivity index (χ1n) is 9.66. The van der Waals surface area contributed by atoms with Crippen molar-refractivity contribution in [1.82, 2.24) is 14.5 Å². The Morgan fingerprint density at radius 1 is 1.13 bits per heavy atom. The molecule has 2 aromatic heterocycles. The maximum Gasteiger partial charge on any atom is 0.259 e. The number of phenols is 1. The predicted molar refractivity (Wildman–Crippen MR) is 116 cm³/mol. The number of aromatic amines is 1. The minimum Gasteiger partial charge on any atom is -0.507 e. The van der Waals surface area contributed by atoms with Gasteiger partial charge in [-0.05, 0) is 31.2 Å². The maximum atomic E-state index is 12.9. The second-order valence-electron chi connectivity index (χ2n) is 6.89. The predicted octanol–water partition coefficient (Wildman–Crippen LogP) is 3.37. The van der Waals surface area contributed by atoms with Gasteiger partial charge in [-0.1, -0.05) is 12.1 Å². The van der Waals surface area contributed by atoms with E-state index in [1.807, 2.05) is 11.5 Å². The highest BCUT2D eigenvalue weighted by Crippen LogP contribution is 2.31. The van der Waals surface area contributed by atoms with E-state index in [0.717, 1.165) is 0 Å². The van der Waals surface area contributed by atoms with Crippen LogP contribution in [0.25, 0.3) is 22.4 Å². The summed E-state index contributed by atoms with van der Waals surface area (Å²) < 4.78 is 12.4. The van der Waals surface area contributed by atoms with Crippen molar-refractivity contribution < 1.29 is 19.4 Å². The van der Waals surface area contributed by atoms with E-state index in [9.17, 15) is 14.7 Å². The first kappa shape index (κ1) is 20.2. The summed E-state index contributed by atoms with van der Waals surface area (Å²) in [5, 5.41) is 10.4. The van der Waals surface area contributed by atoms with Crippen LogP contribution in [0.4, 0.5) is 0 Å². The molecular formula is C23H21N3O5. The van der Waals surface area contributed by atoms with Crippen LogP contribution < -0.4 is 15.0 Å². The molecule has 8 nitrogen and oxygen atoms in total. The van der Waals surface area contributed by atoms with Gasteiger partial charge in [0.05, 0.1) is 36.4 Å². The van der Waals surface area contributed by atoms with E-state index in [2.05, 4.69) is 9.97 Å². The van der Waals surface area contributed by atoms with Crippen molar-refractivity contribution in [3.05, 3.63) is 70.1 Å². The van der Waals surface area contributed by atoms with Crippen LogP contribution >= 0.6 is 0 Å². The number of carbonyl (C=O) groups is 1. The lowest BCUT2D eigenvalue weighted by Crippen LogP contribution is -2.11. The summed E-state index contributed by atoms with van der Waals surface area (Å²) in [6.07, 6.45) is 1.68. The number of hydrogen-bond donors (Lipinski definition) is 2. The Labute approximate surface area is 177 Å². The molecular weight excluding hydrogens is 398 g/mol. The third-order valence-electron chi connectivity index (χ3n) is 5.10. The molecule has 0 spiro atoms. The highest BCUT2D eigenvalue weighted by Gasteiger charge is 2.19.